The molecule has 1 amide bonds. The number of amides is 1. The van der Waals surface area contributed by atoms with Crippen molar-refractivity contribution in [3.63, 3.8) is 0 Å². The molecule has 0 aliphatic heterocycles. The first-order valence-corrected chi connectivity index (χ1v) is 8.51. The van der Waals surface area contributed by atoms with Gasteiger partial charge in [0.1, 0.15) is 17.2 Å². The molecule has 3 aromatic carbocycles. The second-order valence-corrected chi connectivity index (χ2v) is 6.08. The Morgan fingerprint density at radius 3 is 1.96 bits per heavy atom. The summed E-state index contributed by atoms with van der Waals surface area (Å²) in [5, 5.41) is 2.87. The minimum atomic E-state index is -0.169. The van der Waals surface area contributed by atoms with Crippen molar-refractivity contribution in [3.8, 4) is 17.2 Å². The van der Waals surface area contributed by atoms with Crippen molar-refractivity contribution in [1.29, 1.82) is 0 Å². The highest BCUT2D eigenvalue weighted by Crippen LogP contribution is 2.23. The minimum absolute atomic E-state index is 0.103. The summed E-state index contributed by atoms with van der Waals surface area (Å²) < 4.78 is 11.3. The van der Waals surface area contributed by atoms with Crippen LogP contribution >= 0.6 is 0 Å². The summed E-state index contributed by atoms with van der Waals surface area (Å²) in [5.74, 6) is 2.06. The van der Waals surface area contributed by atoms with E-state index < -0.39 is 0 Å². The molecule has 0 saturated carbocycles. The molecule has 3 rings (SSSR count). The number of hydrogen-bond donors (Lipinski definition) is 1. The van der Waals surface area contributed by atoms with Crippen LogP contribution in [-0.2, 0) is 0 Å². The number of para-hydroxylation sites is 1. The average molecular weight is 347 g/mol. The third-order valence-corrected chi connectivity index (χ3v) is 3.58. The fraction of sp³-hybridized carbons (Fsp3) is 0.136. The van der Waals surface area contributed by atoms with Gasteiger partial charge in [0.15, 0.2) is 0 Å². The predicted octanol–water partition coefficient (Wildman–Crippen LogP) is 5.52. The number of anilines is 1. The highest BCUT2D eigenvalue weighted by molar-refractivity contribution is 6.04. The topological polar surface area (TPSA) is 47.6 Å². The summed E-state index contributed by atoms with van der Waals surface area (Å²) in [5.41, 5.74) is 1.28. The summed E-state index contributed by atoms with van der Waals surface area (Å²) in [7, 11) is 0. The Balaban J connectivity index is 1.60. The summed E-state index contributed by atoms with van der Waals surface area (Å²) in [6, 6.07) is 23.9. The summed E-state index contributed by atoms with van der Waals surface area (Å²) in [6.07, 6.45) is 0.103. The molecule has 0 saturated heterocycles. The Kier molecular flexibility index (Phi) is 5.54. The van der Waals surface area contributed by atoms with Gasteiger partial charge >= 0.3 is 0 Å². The van der Waals surface area contributed by atoms with Gasteiger partial charge in [-0.05, 0) is 74.5 Å². The van der Waals surface area contributed by atoms with Gasteiger partial charge in [0.2, 0.25) is 0 Å². The maximum absolute atomic E-state index is 12.3. The fourth-order valence-electron chi connectivity index (χ4n) is 2.39. The Morgan fingerprint density at radius 1 is 0.769 bits per heavy atom. The first kappa shape index (κ1) is 17.5. The molecule has 0 aromatic heterocycles. The van der Waals surface area contributed by atoms with Gasteiger partial charge in [-0.2, -0.15) is 0 Å². The summed E-state index contributed by atoms with van der Waals surface area (Å²) >= 11 is 0. The van der Waals surface area contributed by atoms with E-state index in [1.807, 2.05) is 68.4 Å². The second-order valence-electron chi connectivity index (χ2n) is 6.08. The molecule has 0 atom stereocenters. The van der Waals surface area contributed by atoms with E-state index in [2.05, 4.69) is 5.32 Å². The largest absolute Gasteiger partial charge is 0.491 e. The first-order chi connectivity index (χ1) is 12.6. The van der Waals surface area contributed by atoms with Gasteiger partial charge in [0, 0.05) is 11.3 Å². The Labute approximate surface area is 153 Å². The van der Waals surface area contributed by atoms with Crippen LogP contribution in [0.5, 0.6) is 17.2 Å². The van der Waals surface area contributed by atoms with Gasteiger partial charge in [-0.1, -0.05) is 18.2 Å². The molecule has 0 aliphatic carbocycles. The lowest BCUT2D eigenvalue weighted by molar-refractivity contribution is 0.102. The van der Waals surface area contributed by atoms with Gasteiger partial charge < -0.3 is 14.8 Å². The molecule has 1 N–H and O–H groups in total. The molecule has 132 valence electrons. The Bertz CT molecular complexity index is 841. The Morgan fingerprint density at radius 2 is 1.35 bits per heavy atom. The molecule has 26 heavy (non-hydrogen) atoms. The highest BCUT2D eigenvalue weighted by atomic mass is 16.5. The average Bonchev–Trinajstić information content (AvgIpc) is 2.64. The molecule has 0 fully saturated rings. The number of nitrogens with one attached hydrogen (secondary N) is 1. The number of benzene rings is 3. The van der Waals surface area contributed by atoms with E-state index in [1.165, 1.54) is 0 Å². The number of carbonyl (C=O) groups excluding carboxylic acids is 1. The predicted molar refractivity (Wildman–Crippen MR) is 103 cm³/mol. The van der Waals surface area contributed by atoms with Crippen molar-refractivity contribution in [1.82, 2.24) is 0 Å². The van der Waals surface area contributed by atoms with Gasteiger partial charge in [-0.15, -0.1) is 0 Å². The van der Waals surface area contributed by atoms with E-state index in [9.17, 15) is 4.79 Å². The summed E-state index contributed by atoms with van der Waals surface area (Å²) in [6.45, 7) is 3.93. The van der Waals surface area contributed by atoms with Crippen LogP contribution in [0.3, 0.4) is 0 Å². The molecular weight excluding hydrogens is 326 g/mol. The van der Waals surface area contributed by atoms with E-state index in [1.54, 1.807) is 24.3 Å². The molecule has 3 aromatic rings. The lowest BCUT2D eigenvalue weighted by atomic mass is 10.2. The standard InChI is InChI=1S/C22H21NO3/c1-16(2)25-20-12-8-17(9-13-20)22(24)23-18-10-14-21(15-11-18)26-19-6-4-3-5-7-19/h3-16H,1-2H3,(H,23,24). The van der Waals surface area contributed by atoms with Crippen molar-refractivity contribution in [2.75, 3.05) is 5.32 Å². The van der Waals surface area contributed by atoms with Crippen molar-refractivity contribution in [2.24, 2.45) is 0 Å². The van der Waals surface area contributed by atoms with Crippen molar-refractivity contribution < 1.29 is 14.3 Å². The molecule has 0 aliphatic rings. The van der Waals surface area contributed by atoms with E-state index >= 15 is 0 Å². The molecular formula is C22H21NO3. The van der Waals surface area contributed by atoms with Crippen molar-refractivity contribution in [2.45, 2.75) is 20.0 Å². The molecule has 4 heteroatoms. The monoisotopic (exact) mass is 347 g/mol. The molecule has 0 unspecified atom stereocenters. The lowest BCUT2D eigenvalue weighted by Crippen LogP contribution is -2.12. The van der Waals surface area contributed by atoms with Crippen LogP contribution in [0.1, 0.15) is 24.2 Å². The third kappa shape index (κ3) is 4.86. The fourth-order valence-corrected chi connectivity index (χ4v) is 2.39. The minimum Gasteiger partial charge on any atom is -0.491 e. The van der Waals surface area contributed by atoms with Gasteiger partial charge in [-0.25, -0.2) is 0 Å². The maximum Gasteiger partial charge on any atom is 0.255 e. The van der Waals surface area contributed by atoms with Crippen LogP contribution in [0, 0.1) is 0 Å². The Hall–Kier alpha value is -3.27. The molecule has 0 heterocycles. The summed E-state index contributed by atoms with van der Waals surface area (Å²) in [4.78, 5) is 12.3. The number of ether oxygens (including phenoxy) is 2. The van der Waals surface area contributed by atoms with E-state index in [4.69, 9.17) is 9.47 Å². The van der Waals surface area contributed by atoms with Crippen molar-refractivity contribution >= 4 is 11.6 Å². The van der Waals surface area contributed by atoms with Gasteiger partial charge in [0.25, 0.3) is 5.91 Å². The molecule has 4 nitrogen and oxygen atoms in total. The SMILES string of the molecule is CC(C)Oc1ccc(C(=O)Nc2ccc(Oc3ccccc3)cc2)cc1. The van der Waals surface area contributed by atoms with Gasteiger partial charge in [-0.3, -0.25) is 4.79 Å². The highest BCUT2D eigenvalue weighted by Gasteiger charge is 2.07. The quantitative estimate of drug-likeness (QED) is 0.639. The molecule has 0 bridgehead atoms. The van der Waals surface area contributed by atoms with Crippen LogP contribution in [0.25, 0.3) is 0 Å². The number of carbonyl (C=O) groups is 1. The van der Waals surface area contributed by atoms with Crippen LogP contribution in [-0.4, -0.2) is 12.0 Å². The number of rotatable bonds is 6. The van der Waals surface area contributed by atoms with Crippen molar-refractivity contribution in [3.05, 3.63) is 84.4 Å². The zero-order chi connectivity index (χ0) is 18.4. The number of hydrogen-bond acceptors (Lipinski definition) is 3. The maximum atomic E-state index is 12.3. The molecule has 0 spiro atoms. The zero-order valence-corrected chi connectivity index (χ0v) is 14.8. The molecule has 0 radical (unpaired) electrons. The van der Waals surface area contributed by atoms with Crippen LogP contribution < -0.4 is 14.8 Å². The second kappa shape index (κ2) is 8.21. The third-order valence-electron chi connectivity index (χ3n) is 3.58. The van der Waals surface area contributed by atoms with Crippen LogP contribution in [0.15, 0.2) is 78.9 Å². The van der Waals surface area contributed by atoms with Crippen LogP contribution in [0.2, 0.25) is 0 Å². The van der Waals surface area contributed by atoms with E-state index in [0.717, 1.165) is 11.5 Å². The zero-order valence-electron chi connectivity index (χ0n) is 14.8. The smallest absolute Gasteiger partial charge is 0.255 e. The van der Waals surface area contributed by atoms with Crippen LogP contribution in [0.4, 0.5) is 5.69 Å². The van der Waals surface area contributed by atoms with E-state index in [0.29, 0.717) is 17.0 Å². The normalized spacial score (nSPS) is 10.4. The first-order valence-electron chi connectivity index (χ1n) is 8.51. The van der Waals surface area contributed by atoms with Gasteiger partial charge in [0.05, 0.1) is 6.10 Å². The van der Waals surface area contributed by atoms with E-state index in [-0.39, 0.29) is 12.0 Å². The lowest BCUT2D eigenvalue weighted by Gasteiger charge is -2.10.